The van der Waals surface area contributed by atoms with E-state index in [0.717, 1.165) is 42.2 Å². The van der Waals surface area contributed by atoms with Crippen LogP contribution >= 0.6 is 34.5 Å². The summed E-state index contributed by atoms with van der Waals surface area (Å²) < 4.78 is 5.68. The number of hydrogen-bond acceptors (Lipinski definition) is 7. The summed E-state index contributed by atoms with van der Waals surface area (Å²) in [5, 5.41) is 14.7. The van der Waals surface area contributed by atoms with Gasteiger partial charge in [0.2, 0.25) is 0 Å². The minimum absolute atomic E-state index is 0.194. The number of β-amino-alcohol motifs (C(OH)–C–C–N with tert-alkyl or cyclic N) is 1. The molecule has 4 aromatic rings. The van der Waals surface area contributed by atoms with Crippen molar-refractivity contribution in [3.63, 3.8) is 0 Å². The SMILES string of the molecule is O[C@@H](COc1ccc(Cl)c(Cl)c1)CN1CCN(c2ncnc3scc(-c4ccccc4)c23)CC1. The molecule has 1 atom stereocenters. The van der Waals surface area contributed by atoms with Gasteiger partial charge in [-0.15, -0.1) is 11.3 Å². The maximum atomic E-state index is 10.5. The summed E-state index contributed by atoms with van der Waals surface area (Å²) in [6, 6.07) is 15.5. The van der Waals surface area contributed by atoms with Crippen molar-refractivity contribution >= 4 is 50.6 Å². The standard InChI is InChI=1S/C25H24Cl2N4O2S/c26-21-7-6-19(12-22(21)27)33-14-18(32)13-30-8-10-31(11-9-30)24-23-20(17-4-2-1-3-5-17)15-34-25(23)29-16-28-24/h1-7,12,15-16,18,32H,8-11,13-14H2/t18-/m1/s1. The van der Waals surface area contributed by atoms with Gasteiger partial charge in [0, 0.05) is 49.7 Å². The molecule has 3 heterocycles. The summed E-state index contributed by atoms with van der Waals surface area (Å²) in [5.74, 6) is 1.57. The zero-order valence-electron chi connectivity index (χ0n) is 18.4. The van der Waals surface area contributed by atoms with Crippen molar-refractivity contribution in [1.82, 2.24) is 14.9 Å². The molecule has 1 aliphatic heterocycles. The van der Waals surface area contributed by atoms with E-state index < -0.39 is 6.10 Å². The number of fused-ring (bicyclic) bond motifs is 1. The Morgan fingerprint density at radius 3 is 2.56 bits per heavy atom. The second-order valence-electron chi connectivity index (χ2n) is 8.22. The van der Waals surface area contributed by atoms with Crippen molar-refractivity contribution in [2.75, 3.05) is 44.2 Å². The van der Waals surface area contributed by atoms with Gasteiger partial charge >= 0.3 is 0 Å². The minimum atomic E-state index is -0.603. The first-order chi connectivity index (χ1) is 16.6. The van der Waals surface area contributed by atoms with Crippen LogP contribution < -0.4 is 9.64 Å². The number of ether oxygens (including phenoxy) is 1. The number of aliphatic hydroxyl groups is 1. The van der Waals surface area contributed by atoms with Gasteiger partial charge in [0.1, 0.15) is 35.4 Å². The first kappa shape index (κ1) is 23.3. The van der Waals surface area contributed by atoms with Crippen molar-refractivity contribution < 1.29 is 9.84 Å². The molecule has 6 nitrogen and oxygen atoms in total. The summed E-state index contributed by atoms with van der Waals surface area (Å²) in [5.41, 5.74) is 2.35. The van der Waals surface area contributed by atoms with E-state index in [0.29, 0.717) is 22.3 Å². The van der Waals surface area contributed by atoms with E-state index >= 15 is 0 Å². The topological polar surface area (TPSA) is 61.7 Å². The molecule has 0 saturated carbocycles. The monoisotopic (exact) mass is 514 g/mol. The van der Waals surface area contributed by atoms with Crippen molar-refractivity contribution in [3.8, 4) is 16.9 Å². The third kappa shape index (κ3) is 5.14. The van der Waals surface area contributed by atoms with E-state index in [2.05, 4.69) is 49.4 Å². The van der Waals surface area contributed by atoms with Crippen molar-refractivity contribution in [2.45, 2.75) is 6.10 Å². The predicted molar refractivity (Wildman–Crippen MR) is 139 cm³/mol. The zero-order valence-corrected chi connectivity index (χ0v) is 20.7. The Balaban J connectivity index is 1.21. The number of hydrogen-bond donors (Lipinski definition) is 1. The minimum Gasteiger partial charge on any atom is -0.491 e. The molecular weight excluding hydrogens is 491 g/mol. The van der Waals surface area contributed by atoms with Crippen LogP contribution in [0.1, 0.15) is 0 Å². The quantitative estimate of drug-likeness (QED) is 0.364. The van der Waals surface area contributed by atoms with Gasteiger partial charge in [0.05, 0.1) is 15.4 Å². The van der Waals surface area contributed by atoms with E-state index in [4.69, 9.17) is 27.9 Å². The number of aromatic nitrogens is 2. The highest BCUT2D eigenvalue weighted by Crippen LogP contribution is 2.38. The van der Waals surface area contributed by atoms with Crippen molar-refractivity contribution in [1.29, 1.82) is 0 Å². The van der Waals surface area contributed by atoms with Gasteiger partial charge in [-0.3, -0.25) is 4.90 Å². The molecule has 9 heteroatoms. The second kappa shape index (κ2) is 10.5. The highest BCUT2D eigenvalue weighted by molar-refractivity contribution is 7.17. The van der Waals surface area contributed by atoms with Crippen LogP contribution in [0.5, 0.6) is 5.75 Å². The van der Waals surface area contributed by atoms with E-state index in [-0.39, 0.29) is 6.61 Å². The predicted octanol–water partition coefficient (Wildman–Crippen LogP) is 5.23. The van der Waals surface area contributed by atoms with Crippen LogP contribution in [0, 0.1) is 0 Å². The average molecular weight is 515 g/mol. The molecule has 0 spiro atoms. The third-order valence-corrected chi connectivity index (χ3v) is 7.53. The normalized spacial score (nSPS) is 15.6. The summed E-state index contributed by atoms with van der Waals surface area (Å²) in [6.45, 7) is 4.06. The Labute approximate surface area is 212 Å². The second-order valence-corrected chi connectivity index (χ2v) is 9.89. The Hall–Kier alpha value is -2.42. The average Bonchev–Trinajstić information content (AvgIpc) is 3.30. The fraction of sp³-hybridized carbons (Fsp3) is 0.280. The molecule has 5 rings (SSSR count). The molecular formula is C25H24Cl2N4O2S. The number of piperazine rings is 1. The molecule has 0 radical (unpaired) electrons. The van der Waals surface area contributed by atoms with Crippen LogP contribution in [-0.2, 0) is 0 Å². The Morgan fingerprint density at radius 2 is 1.79 bits per heavy atom. The summed E-state index contributed by atoms with van der Waals surface area (Å²) in [4.78, 5) is 14.7. The molecule has 1 saturated heterocycles. The third-order valence-electron chi connectivity index (χ3n) is 5.91. The Kier molecular flexibility index (Phi) is 7.18. The zero-order chi connectivity index (χ0) is 23.5. The number of aliphatic hydroxyl groups excluding tert-OH is 1. The molecule has 0 bridgehead atoms. The van der Waals surface area contributed by atoms with E-state index in [1.165, 1.54) is 11.1 Å². The number of halogens is 2. The van der Waals surface area contributed by atoms with E-state index in [1.807, 2.05) is 6.07 Å². The van der Waals surface area contributed by atoms with Crippen LogP contribution in [0.4, 0.5) is 5.82 Å². The van der Waals surface area contributed by atoms with E-state index in [9.17, 15) is 5.11 Å². The summed E-state index contributed by atoms with van der Waals surface area (Å²) >= 11 is 13.6. The van der Waals surface area contributed by atoms with Gasteiger partial charge in [-0.2, -0.15) is 0 Å². The lowest BCUT2D eigenvalue weighted by molar-refractivity contribution is 0.0663. The number of benzene rings is 2. The summed E-state index contributed by atoms with van der Waals surface area (Å²) in [6.07, 6.45) is 1.05. The van der Waals surface area contributed by atoms with Crippen LogP contribution in [0.25, 0.3) is 21.3 Å². The largest absolute Gasteiger partial charge is 0.491 e. The fourth-order valence-corrected chi connectivity index (χ4v) is 5.38. The highest BCUT2D eigenvalue weighted by atomic mass is 35.5. The Bertz CT molecular complexity index is 1260. The fourth-order valence-electron chi connectivity index (χ4n) is 4.18. The summed E-state index contributed by atoms with van der Waals surface area (Å²) in [7, 11) is 0. The molecule has 0 aliphatic carbocycles. The lowest BCUT2D eigenvalue weighted by Crippen LogP contribution is -2.49. The smallest absolute Gasteiger partial charge is 0.141 e. The maximum absolute atomic E-state index is 10.5. The van der Waals surface area contributed by atoms with Gasteiger partial charge in [-0.05, 0) is 17.7 Å². The van der Waals surface area contributed by atoms with Gasteiger partial charge in [-0.25, -0.2) is 9.97 Å². The molecule has 1 N–H and O–H groups in total. The van der Waals surface area contributed by atoms with Gasteiger partial charge in [0.15, 0.2) is 0 Å². The van der Waals surface area contributed by atoms with Gasteiger partial charge < -0.3 is 14.7 Å². The first-order valence-corrected chi connectivity index (χ1v) is 12.7. The molecule has 1 fully saturated rings. The molecule has 0 amide bonds. The lowest BCUT2D eigenvalue weighted by Gasteiger charge is -2.36. The molecule has 34 heavy (non-hydrogen) atoms. The van der Waals surface area contributed by atoms with Crippen LogP contribution in [0.3, 0.4) is 0 Å². The molecule has 2 aromatic heterocycles. The number of nitrogens with zero attached hydrogens (tertiary/aromatic N) is 4. The maximum Gasteiger partial charge on any atom is 0.141 e. The first-order valence-electron chi connectivity index (χ1n) is 11.1. The van der Waals surface area contributed by atoms with Crippen molar-refractivity contribution in [2.24, 2.45) is 0 Å². The van der Waals surface area contributed by atoms with E-state index in [1.54, 1.807) is 35.9 Å². The van der Waals surface area contributed by atoms with Crippen molar-refractivity contribution in [3.05, 3.63) is 70.3 Å². The van der Waals surface area contributed by atoms with Gasteiger partial charge in [-0.1, -0.05) is 53.5 Å². The molecule has 2 aromatic carbocycles. The van der Waals surface area contributed by atoms with Crippen LogP contribution in [0.2, 0.25) is 10.0 Å². The number of rotatable bonds is 7. The Morgan fingerprint density at radius 1 is 1.00 bits per heavy atom. The van der Waals surface area contributed by atoms with Gasteiger partial charge in [0.25, 0.3) is 0 Å². The lowest BCUT2D eigenvalue weighted by atomic mass is 10.1. The number of thiophene rings is 1. The highest BCUT2D eigenvalue weighted by Gasteiger charge is 2.23. The molecule has 176 valence electrons. The van der Waals surface area contributed by atoms with Crippen LogP contribution in [-0.4, -0.2) is 65.4 Å². The molecule has 1 aliphatic rings. The molecule has 0 unspecified atom stereocenters. The van der Waals surface area contributed by atoms with Crippen LogP contribution in [0.15, 0.2) is 60.2 Å². The number of anilines is 1.